The summed E-state index contributed by atoms with van der Waals surface area (Å²) in [4.78, 5) is 19.0. The zero-order chi connectivity index (χ0) is 24.2. The van der Waals surface area contributed by atoms with E-state index in [0.717, 1.165) is 46.6 Å². The lowest BCUT2D eigenvalue weighted by atomic mass is 10.1. The number of halogens is 1. The number of carbonyl (C=O) groups excluding carboxylic acids is 1. The normalized spacial score (nSPS) is 14.5. The highest BCUT2D eigenvalue weighted by Crippen LogP contribution is 2.27. The summed E-state index contributed by atoms with van der Waals surface area (Å²) in [5.41, 5.74) is 3.40. The van der Waals surface area contributed by atoms with Crippen LogP contribution >= 0.6 is 15.9 Å². The summed E-state index contributed by atoms with van der Waals surface area (Å²) in [6.07, 6.45) is 4.09. The molecule has 1 fully saturated rings. The number of likely N-dealkylation sites (tertiary alicyclic amines) is 1. The summed E-state index contributed by atoms with van der Waals surface area (Å²) < 4.78 is 18.2. The standard InChI is InChI=1S/C25H25BrN6O2S/c26-21-17-27-32-23(16-22(30-25(21)32)18-6-2-1-3-7-18)29-19-9-11-20(12-10-19)35(34)28-13-5-15-31-14-4-8-24(31)33/h1-3,6-7,9-12,16-17,28-29H,4-5,8,13-15H2. The van der Waals surface area contributed by atoms with Crippen molar-refractivity contribution in [3.8, 4) is 11.3 Å². The lowest BCUT2D eigenvalue weighted by molar-refractivity contribution is -0.127. The molecular formula is C25H25BrN6O2S. The Bertz CT molecular complexity index is 1360. The molecule has 1 amide bonds. The molecule has 180 valence electrons. The number of rotatable bonds is 9. The highest BCUT2D eigenvalue weighted by molar-refractivity contribution is 9.10. The molecule has 1 aliphatic rings. The fraction of sp³-hybridized carbons (Fsp3) is 0.240. The van der Waals surface area contributed by atoms with E-state index in [1.54, 1.807) is 10.7 Å². The van der Waals surface area contributed by atoms with E-state index in [1.807, 2.05) is 65.6 Å². The van der Waals surface area contributed by atoms with Gasteiger partial charge in [0.05, 0.1) is 21.3 Å². The smallest absolute Gasteiger partial charge is 0.222 e. The molecule has 4 aromatic rings. The van der Waals surface area contributed by atoms with Gasteiger partial charge in [-0.05, 0) is 53.0 Å². The summed E-state index contributed by atoms with van der Waals surface area (Å²) in [5, 5.41) is 7.84. The molecule has 2 aromatic carbocycles. The Balaban J connectivity index is 1.26. The van der Waals surface area contributed by atoms with Gasteiger partial charge in [-0.3, -0.25) is 4.79 Å². The molecule has 5 rings (SSSR count). The minimum atomic E-state index is -1.31. The maximum absolute atomic E-state index is 12.6. The van der Waals surface area contributed by atoms with Gasteiger partial charge < -0.3 is 10.2 Å². The van der Waals surface area contributed by atoms with Crippen molar-refractivity contribution in [3.05, 3.63) is 71.3 Å². The predicted molar refractivity (Wildman–Crippen MR) is 141 cm³/mol. The first kappa shape index (κ1) is 23.7. The van der Waals surface area contributed by atoms with Gasteiger partial charge in [0.1, 0.15) is 16.8 Å². The first-order valence-corrected chi connectivity index (χ1v) is 13.4. The summed E-state index contributed by atoms with van der Waals surface area (Å²) in [6, 6.07) is 19.4. The minimum absolute atomic E-state index is 0.221. The Morgan fingerprint density at radius 2 is 1.89 bits per heavy atom. The van der Waals surface area contributed by atoms with Crippen LogP contribution in [0.25, 0.3) is 16.9 Å². The van der Waals surface area contributed by atoms with Crippen molar-refractivity contribution in [3.63, 3.8) is 0 Å². The highest BCUT2D eigenvalue weighted by Gasteiger charge is 2.19. The van der Waals surface area contributed by atoms with Gasteiger partial charge in [0, 0.05) is 43.4 Å². The number of hydrogen-bond acceptors (Lipinski definition) is 5. The van der Waals surface area contributed by atoms with Gasteiger partial charge in [0.2, 0.25) is 5.91 Å². The second-order valence-electron chi connectivity index (χ2n) is 8.27. The van der Waals surface area contributed by atoms with Crippen LogP contribution in [-0.4, -0.2) is 49.2 Å². The predicted octanol–water partition coefficient (Wildman–Crippen LogP) is 4.53. The van der Waals surface area contributed by atoms with E-state index in [-0.39, 0.29) is 5.91 Å². The number of hydrogen-bond donors (Lipinski definition) is 2. The average molecular weight is 553 g/mol. The number of benzene rings is 2. The zero-order valence-corrected chi connectivity index (χ0v) is 21.4. The van der Waals surface area contributed by atoms with Gasteiger partial charge in [-0.25, -0.2) is 13.9 Å². The van der Waals surface area contributed by atoms with Gasteiger partial charge in [-0.15, -0.1) is 0 Å². The van der Waals surface area contributed by atoms with Crippen LogP contribution in [0.2, 0.25) is 0 Å². The van der Waals surface area contributed by atoms with E-state index < -0.39 is 11.0 Å². The van der Waals surface area contributed by atoms with Crippen LogP contribution in [0.4, 0.5) is 11.5 Å². The molecule has 0 spiro atoms. The Kier molecular flexibility index (Phi) is 7.21. The molecule has 2 aromatic heterocycles. The minimum Gasteiger partial charge on any atom is -0.343 e. The molecule has 2 N–H and O–H groups in total. The SMILES string of the molecule is O=C1CCCN1CCCNS(=O)c1ccc(Nc2cc(-c3ccccc3)nc3c(Br)cnn23)cc1. The van der Waals surface area contributed by atoms with Crippen LogP contribution in [0, 0.1) is 0 Å². The molecule has 0 radical (unpaired) electrons. The number of aromatic nitrogens is 3. The van der Waals surface area contributed by atoms with Crippen LogP contribution in [0.1, 0.15) is 19.3 Å². The topological polar surface area (TPSA) is 91.6 Å². The number of amides is 1. The van der Waals surface area contributed by atoms with Gasteiger partial charge in [0.15, 0.2) is 5.65 Å². The molecule has 1 aliphatic heterocycles. The van der Waals surface area contributed by atoms with Crippen molar-refractivity contribution in [1.82, 2.24) is 24.2 Å². The molecule has 3 heterocycles. The number of fused-ring (bicyclic) bond motifs is 1. The molecular weight excluding hydrogens is 528 g/mol. The first-order chi connectivity index (χ1) is 17.1. The molecule has 0 bridgehead atoms. The maximum Gasteiger partial charge on any atom is 0.222 e. The largest absolute Gasteiger partial charge is 0.343 e. The number of anilines is 2. The summed E-state index contributed by atoms with van der Waals surface area (Å²) in [7, 11) is -1.31. The van der Waals surface area contributed by atoms with Gasteiger partial charge in [-0.2, -0.15) is 9.61 Å². The average Bonchev–Trinajstić information content (AvgIpc) is 3.47. The molecule has 1 unspecified atom stereocenters. The van der Waals surface area contributed by atoms with Crippen LogP contribution in [0.15, 0.2) is 76.2 Å². The second kappa shape index (κ2) is 10.7. The van der Waals surface area contributed by atoms with Crippen LogP contribution in [-0.2, 0) is 15.8 Å². The Labute approximate surface area is 214 Å². The van der Waals surface area contributed by atoms with Crippen molar-refractivity contribution in [2.24, 2.45) is 0 Å². The summed E-state index contributed by atoms with van der Waals surface area (Å²) >= 11 is 3.53. The molecule has 1 atom stereocenters. The third kappa shape index (κ3) is 5.44. The molecule has 8 nitrogen and oxygen atoms in total. The van der Waals surface area contributed by atoms with Crippen LogP contribution in [0.5, 0.6) is 0 Å². The van der Waals surface area contributed by atoms with E-state index in [1.165, 1.54) is 0 Å². The molecule has 1 saturated heterocycles. The van der Waals surface area contributed by atoms with Gasteiger partial charge in [-0.1, -0.05) is 30.3 Å². The summed E-state index contributed by atoms with van der Waals surface area (Å²) in [5.74, 6) is 0.988. The lowest BCUT2D eigenvalue weighted by Gasteiger charge is -2.15. The first-order valence-electron chi connectivity index (χ1n) is 11.5. The second-order valence-corrected chi connectivity index (χ2v) is 10.4. The van der Waals surface area contributed by atoms with Crippen molar-refractivity contribution in [2.45, 2.75) is 24.2 Å². The third-order valence-corrected chi connectivity index (χ3v) is 7.57. The van der Waals surface area contributed by atoms with E-state index >= 15 is 0 Å². The number of nitrogens with one attached hydrogen (secondary N) is 2. The van der Waals surface area contributed by atoms with E-state index in [4.69, 9.17) is 4.98 Å². The van der Waals surface area contributed by atoms with E-state index in [9.17, 15) is 9.00 Å². The Morgan fingerprint density at radius 3 is 2.63 bits per heavy atom. The Morgan fingerprint density at radius 1 is 1.09 bits per heavy atom. The zero-order valence-electron chi connectivity index (χ0n) is 19.0. The van der Waals surface area contributed by atoms with E-state index in [0.29, 0.717) is 30.1 Å². The highest BCUT2D eigenvalue weighted by atomic mass is 79.9. The van der Waals surface area contributed by atoms with Crippen molar-refractivity contribution < 1.29 is 9.00 Å². The van der Waals surface area contributed by atoms with Crippen LogP contribution < -0.4 is 10.0 Å². The third-order valence-electron chi connectivity index (χ3n) is 5.85. The number of carbonyl (C=O) groups is 1. The van der Waals surface area contributed by atoms with E-state index in [2.05, 4.69) is 31.1 Å². The van der Waals surface area contributed by atoms with Gasteiger partial charge in [0.25, 0.3) is 0 Å². The monoisotopic (exact) mass is 552 g/mol. The molecule has 0 aliphatic carbocycles. The molecule has 35 heavy (non-hydrogen) atoms. The number of nitrogens with zero attached hydrogens (tertiary/aromatic N) is 4. The van der Waals surface area contributed by atoms with Crippen molar-refractivity contribution >= 4 is 50.0 Å². The summed E-state index contributed by atoms with van der Waals surface area (Å²) in [6.45, 7) is 2.13. The van der Waals surface area contributed by atoms with Crippen LogP contribution in [0.3, 0.4) is 0 Å². The fourth-order valence-corrected chi connectivity index (χ4v) is 5.28. The Hall–Kier alpha value is -3.08. The van der Waals surface area contributed by atoms with Crippen molar-refractivity contribution in [2.75, 3.05) is 25.0 Å². The lowest BCUT2D eigenvalue weighted by Crippen LogP contribution is -2.28. The van der Waals surface area contributed by atoms with Crippen molar-refractivity contribution in [1.29, 1.82) is 0 Å². The molecule has 0 saturated carbocycles. The van der Waals surface area contributed by atoms with Gasteiger partial charge >= 0.3 is 0 Å². The maximum atomic E-state index is 12.6. The molecule has 10 heteroatoms. The fourth-order valence-electron chi connectivity index (χ4n) is 4.05. The quantitative estimate of drug-likeness (QED) is 0.298.